The SMILES string of the molecule is CCCOc1ccc(/C=C/c2nc3s/c(=C\c4cn(-c5ccccc5)nc4-c4ccc(OCC)c(Cl)c4)c(=O)n3n2)cc1OC. The Morgan fingerprint density at radius 1 is 0.933 bits per heavy atom. The molecule has 11 heteroatoms. The fourth-order valence-electron chi connectivity index (χ4n) is 4.70. The van der Waals surface area contributed by atoms with Gasteiger partial charge in [-0.05, 0) is 73.5 Å². The van der Waals surface area contributed by atoms with Crippen molar-refractivity contribution in [1.82, 2.24) is 24.4 Å². The van der Waals surface area contributed by atoms with Crippen molar-refractivity contribution in [2.75, 3.05) is 20.3 Å². The Bertz CT molecular complexity index is 2100. The van der Waals surface area contributed by atoms with Crippen LogP contribution in [-0.2, 0) is 0 Å². The lowest BCUT2D eigenvalue weighted by atomic mass is 10.1. The molecule has 0 saturated heterocycles. The van der Waals surface area contributed by atoms with Crippen molar-refractivity contribution in [3.63, 3.8) is 0 Å². The predicted octanol–water partition coefficient (Wildman–Crippen LogP) is 6.57. The number of aromatic nitrogens is 5. The van der Waals surface area contributed by atoms with Gasteiger partial charge in [0.15, 0.2) is 17.3 Å². The number of fused-ring (bicyclic) bond motifs is 1. The molecule has 0 atom stereocenters. The van der Waals surface area contributed by atoms with E-state index < -0.39 is 0 Å². The van der Waals surface area contributed by atoms with Crippen LogP contribution in [0.3, 0.4) is 0 Å². The molecule has 0 aliphatic carbocycles. The van der Waals surface area contributed by atoms with E-state index >= 15 is 0 Å². The first-order chi connectivity index (χ1) is 22.0. The predicted molar refractivity (Wildman–Crippen MR) is 179 cm³/mol. The number of nitrogens with zero attached hydrogens (tertiary/aromatic N) is 5. The minimum absolute atomic E-state index is 0.260. The molecular formula is C34H30ClN5O4S. The first-order valence-corrected chi connectivity index (χ1v) is 15.6. The van der Waals surface area contributed by atoms with Crippen LogP contribution < -0.4 is 24.3 Å². The molecule has 6 rings (SSSR count). The van der Waals surface area contributed by atoms with Gasteiger partial charge in [-0.2, -0.15) is 14.6 Å². The van der Waals surface area contributed by atoms with Gasteiger partial charge < -0.3 is 14.2 Å². The summed E-state index contributed by atoms with van der Waals surface area (Å²) in [6.07, 6.45) is 8.26. The zero-order valence-electron chi connectivity index (χ0n) is 24.9. The molecular weight excluding hydrogens is 610 g/mol. The van der Waals surface area contributed by atoms with Crippen LogP contribution in [0.4, 0.5) is 0 Å². The van der Waals surface area contributed by atoms with Crippen molar-refractivity contribution in [3.05, 3.63) is 110 Å². The molecule has 3 aromatic heterocycles. The molecule has 0 bridgehead atoms. The average Bonchev–Trinajstić information content (AvgIpc) is 3.75. The van der Waals surface area contributed by atoms with Crippen molar-refractivity contribution in [3.8, 4) is 34.2 Å². The summed E-state index contributed by atoms with van der Waals surface area (Å²) in [4.78, 5) is 18.5. The van der Waals surface area contributed by atoms with E-state index in [0.29, 0.717) is 56.5 Å². The molecule has 228 valence electrons. The zero-order chi connectivity index (χ0) is 31.3. The van der Waals surface area contributed by atoms with Crippen LogP contribution in [0.15, 0.2) is 77.7 Å². The highest BCUT2D eigenvalue weighted by Gasteiger charge is 2.15. The number of halogens is 1. The maximum atomic E-state index is 13.4. The van der Waals surface area contributed by atoms with Gasteiger partial charge in [0, 0.05) is 17.3 Å². The largest absolute Gasteiger partial charge is 0.493 e. The molecule has 6 aromatic rings. The minimum Gasteiger partial charge on any atom is -0.493 e. The lowest BCUT2D eigenvalue weighted by Gasteiger charge is -2.10. The summed E-state index contributed by atoms with van der Waals surface area (Å²) in [6, 6.07) is 21.0. The molecule has 0 aliphatic rings. The van der Waals surface area contributed by atoms with E-state index in [1.54, 1.807) is 17.9 Å². The van der Waals surface area contributed by atoms with Gasteiger partial charge >= 0.3 is 0 Å². The van der Waals surface area contributed by atoms with E-state index in [9.17, 15) is 4.79 Å². The van der Waals surface area contributed by atoms with Crippen molar-refractivity contribution < 1.29 is 14.2 Å². The third kappa shape index (κ3) is 6.47. The molecule has 9 nitrogen and oxygen atoms in total. The second kappa shape index (κ2) is 13.4. The van der Waals surface area contributed by atoms with Crippen LogP contribution in [-0.4, -0.2) is 44.7 Å². The second-order valence-electron chi connectivity index (χ2n) is 9.96. The summed E-state index contributed by atoms with van der Waals surface area (Å²) < 4.78 is 20.4. The monoisotopic (exact) mass is 639 g/mol. The summed E-state index contributed by atoms with van der Waals surface area (Å²) in [6.45, 7) is 5.09. The van der Waals surface area contributed by atoms with Crippen LogP contribution in [0.2, 0.25) is 5.02 Å². The van der Waals surface area contributed by atoms with E-state index in [4.69, 9.17) is 30.9 Å². The highest BCUT2D eigenvalue weighted by atomic mass is 35.5. The lowest BCUT2D eigenvalue weighted by Crippen LogP contribution is -2.23. The summed E-state index contributed by atoms with van der Waals surface area (Å²) in [7, 11) is 1.61. The normalized spacial score (nSPS) is 12.0. The molecule has 0 spiro atoms. The molecule has 3 aromatic carbocycles. The van der Waals surface area contributed by atoms with Crippen LogP contribution >= 0.6 is 22.9 Å². The number of hydrogen-bond donors (Lipinski definition) is 0. The van der Waals surface area contributed by atoms with Crippen molar-refractivity contribution in [2.24, 2.45) is 0 Å². The van der Waals surface area contributed by atoms with Gasteiger partial charge in [-0.25, -0.2) is 4.68 Å². The van der Waals surface area contributed by atoms with Crippen molar-refractivity contribution >= 4 is 46.1 Å². The Morgan fingerprint density at radius 2 is 1.76 bits per heavy atom. The molecule has 3 heterocycles. The Balaban J connectivity index is 1.34. The third-order valence-corrected chi connectivity index (χ3v) is 8.08. The fourth-order valence-corrected chi connectivity index (χ4v) is 5.84. The molecule has 0 fully saturated rings. The number of ether oxygens (including phenoxy) is 3. The third-order valence-electron chi connectivity index (χ3n) is 6.83. The lowest BCUT2D eigenvalue weighted by molar-refractivity contribution is 0.294. The zero-order valence-corrected chi connectivity index (χ0v) is 26.5. The molecule has 0 unspecified atom stereocenters. The number of benzene rings is 3. The molecule has 0 amide bonds. The smallest absolute Gasteiger partial charge is 0.291 e. The second-order valence-corrected chi connectivity index (χ2v) is 11.4. The first-order valence-electron chi connectivity index (χ1n) is 14.5. The van der Waals surface area contributed by atoms with E-state index in [2.05, 4.69) is 17.0 Å². The number of methoxy groups -OCH3 is 1. The van der Waals surface area contributed by atoms with E-state index in [1.165, 1.54) is 15.9 Å². The summed E-state index contributed by atoms with van der Waals surface area (Å²) in [5.41, 5.74) is 3.74. The molecule has 45 heavy (non-hydrogen) atoms. The van der Waals surface area contributed by atoms with E-state index in [0.717, 1.165) is 28.8 Å². The Morgan fingerprint density at radius 3 is 2.49 bits per heavy atom. The first kappa shape index (κ1) is 30.1. The quantitative estimate of drug-likeness (QED) is 0.158. The summed E-state index contributed by atoms with van der Waals surface area (Å²) in [5.74, 6) is 2.37. The van der Waals surface area contributed by atoms with Crippen LogP contribution in [0, 0.1) is 0 Å². The van der Waals surface area contributed by atoms with Gasteiger partial charge in [0.1, 0.15) is 11.4 Å². The van der Waals surface area contributed by atoms with Crippen LogP contribution in [0.25, 0.3) is 40.1 Å². The number of para-hydroxylation sites is 1. The van der Waals surface area contributed by atoms with Gasteiger partial charge in [-0.3, -0.25) is 4.79 Å². The van der Waals surface area contributed by atoms with Gasteiger partial charge in [0.2, 0.25) is 4.96 Å². The summed E-state index contributed by atoms with van der Waals surface area (Å²) in [5, 5.41) is 9.79. The average molecular weight is 640 g/mol. The van der Waals surface area contributed by atoms with Crippen LogP contribution in [0.1, 0.15) is 37.2 Å². The van der Waals surface area contributed by atoms with E-state index in [1.807, 2.05) is 92.0 Å². The highest BCUT2D eigenvalue weighted by molar-refractivity contribution is 7.15. The van der Waals surface area contributed by atoms with Crippen molar-refractivity contribution in [1.29, 1.82) is 0 Å². The van der Waals surface area contributed by atoms with Crippen molar-refractivity contribution in [2.45, 2.75) is 20.3 Å². The van der Waals surface area contributed by atoms with E-state index in [-0.39, 0.29) is 5.56 Å². The number of hydrogen-bond acceptors (Lipinski definition) is 8. The van der Waals surface area contributed by atoms with Gasteiger partial charge in [0.05, 0.1) is 35.6 Å². The Hall–Kier alpha value is -4.93. The standard InChI is InChI=1S/C34H30ClN5O4S/c1-4-17-44-28-14-11-22(18-29(28)42-3)12-16-31-36-34-40(37-31)33(41)30(45-34)20-24-21-39(25-9-7-6-8-10-25)38-32(24)23-13-15-27(43-5-2)26(35)19-23/h6-16,18-21H,4-5,17H2,1-3H3/b16-12+,30-20-. The Kier molecular flexibility index (Phi) is 8.95. The molecule has 0 saturated carbocycles. The highest BCUT2D eigenvalue weighted by Crippen LogP contribution is 2.32. The molecule has 0 N–H and O–H groups in total. The number of thiazole rings is 1. The van der Waals surface area contributed by atoms with Gasteiger partial charge in [-0.1, -0.05) is 60.2 Å². The van der Waals surface area contributed by atoms with Crippen LogP contribution in [0.5, 0.6) is 17.2 Å². The number of rotatable bonds is 11. The fraction of sp³-hybridized carbons (Fsp3) is 0.176. The van der Waals surface area contributed by atoms with Gasteiger partial charge in [-0.15, -0.1) is 5.10 Å². The minimum atomic E-state index is -0.260. The maximum Gasteiger partial charge on any atom is 0.291 e. The topological polar surface area (TPSA) is 92.8 Å². The van der Waals surface area contributed by atoms with Gasteiger partial charge in [0.25, 0.3) is 5.56 Å². The maximum absolute atomic E-state index is 13.4. The Labute approximate surface area is 268 Å². The molecule has 0 aliphatic heterocycles. The summed E-state index contributed by atoms with van der Waals surface area (Å²) >= 11 is 7.79. The molecule has 0 radical (unpaired) electrons.